The number of aromatic nitrogens is 2. The summed E-state index contributed by atoms with van der Waals surface area (Å²) >= 11 is 0. The lowest BCUT2D eigenvalue weighted by atomic mass is 9.80. The van der Waals surface area contributed by atoms with Crippen LogP contribution in [-0.4, -0.2) is 92.5 Å². The Balaban J connectivity index is 1.36. The molecule has 3 saturated carbocycles. The molecule has 5 rings (SSSR count). The predicted octanol–water partition coefficient (Wildman–Crippen LogP) is 2.68. The Bertz CT molecular complexity index is 1430. The van der Waals surface area contributed by atoms with Crippen LogP contribution in [0, 0.1) is 29.6 Å². The van der Waals surface area contributed by atoms with Crippen LogP contribution in [0.2, 0.25) is 0 Å². The van der Waals surface area contributed by atoms with Crippen molar-refractivity contribution in [2.24, 2.45) is 29.6 Å². The minimum Gasteiger partial charge on any atom is -0.383 e. The maximum Gasteiger partial charge on any atom is 0.272 e. The number of rotatable bonds is 18. The lowest BCUT2D eigenvalue weighted by Gasteiger charge is -2.33. The van der Waals surface area contributed by atoms with Gasteiger partial charge in [-0.25, -0.2) is 4.98 Å². The molecule has 1 unspecified atom stereocenters. The molecule has 51 heavy (non-hydrogen) atoms. The number of Topliss-reactive ketones (excluding diaryl/α,β-unsaturated/α-hetero) is 2. The van der Waals surface area contributed by atoms with Gasteiger partial charge in [-0.15, -0.1) is 0 Å². The van der Waals surface area contributed by atoms with Crippen molar-refractivity contribution in [3.05, 3.63) is 36.9 Å². The molecule has 2 heterocycles. The zero-order valence-electron chi connectivity index (χ0n) is 29.8. The fourth-order valence-corrected chi connectivity index (χ4v) is 8.50. The van der Waals surface area contributed by atoms with Crippen molar-refractivity contribution in [3.8, 4) is 0 Å². The first-order valence-electron chi connectivity index (χ1n) is 18.9. The van der Waals surface area contributed by atoms with E-state index in [1.807, 2.05) is 6.92 Å². The lowest BCUT2D eigenvalue weighted by molar-refractivity contribution is -0.144. The minimum atomic E-state index is -1.33. The number of nitrogens with zero attached hydrogens (tertiary/aromatic N) is 3. The molecule has 4 aliphatic rings. The Morgan fingerprint density at radius 3 is 2.43 bits per heavy atom. The van der Waals surface area contributed by atoms with E-state index in [4.69, 9.17) is 0 Å². The second-order valence-corrected chi connectivity index (χ2v) is 15.0. The number of nitrogens with one attached hydrogen (secondary N) is 3. The van der Waals surface area contributed by atoms with Crippen LogP contribution in [0.1, 0.15) is 107 Å². The number of aliphatic hydroxyl groups is 1. The average molecular weight is 707 g/mol. The summed E-state index contributed by atoms with van der Waals surface area (Å²) in [7, 11) is 0. The number of amides is 4. The van der Waals surface area contributed by atoms with Gasteiger partial charge < -0.3 is 26.0 Å². The first-order valence-corrected chi connectivity index (χ1v) is 18.9. The monoisotopic (exact) mass is 706 g/mol. The summed E-state index contributed by atoms with van der Waals surface area (Å²) in [5.74, 6) is -4.02. The summed E-state index contributed by atoms with van der Waals surface area (Å²) in [6.07, 6.45) is 13.6. The maximum atomic E-state index is 14.6. The van der Waals surface area contributed by atoms with Crippen molar-refractivity contribution in [1.82, 2.24) is 30.8 Å². The van der Waals surface area contributed by atoms with Crippen LogP contribution in [0.3, 0.4) is 0 Å². The molecule has 1 saturated heterocycles. The number of carbonyl (C=O) groups is 6. The van der Waals surface area contributed by atoms with E-state index in [1.54, 1.807) is 4.90 Å². The van der Waals surface area contributed by atoms with Gasteiger partial charge in [0.1, 0.15) is 11.8 Å². The number of aliphatic hydroxyl groups excluding tert-OH is 1. The van der Waals surface area contributed by atoms with Gasteiger partial charge in [0.2, 0.25) is 17.7 Å². The van der Waals surface area contributed by atoms with Crippen molar-refractivity contribution < 1.29 is 33.9 Å². The number of hydrogen-bond donors (Lipinski definition) is 4. The van der Waals surface area contributed by atoms with Gasteiger partial charge in [0.05, 0.1) is 24.2 Å². The maximum absolute atomic E-state index is 14.6. The molecule has 7 atom stereocenters. The van der Waals surface area contributed by atoms with E-state index < -0.39 is 53.7 Å². The molecule has 4 fully saturated rings. The molecule has 278 valence electrons. The molecule has 0 spiro atoms. The van der Waals surface area contributed by atoms with Crippen molar-refractivity contribution in [2.45, 2.75) is 121 Å². The van der Waals surface area contributed by atoms with Gasteiger partial charge in [-0.3, -0.25) is 33.8 Å². The first-order chi connectivity index (χ1) is 24.6. The Labute approximate surface area is 300 Å². The van der Waals surface area contributed by atoms with Gasteiger partial charge in [-0.2, -0.15) is 0 Å². The van der Waals surface area contributed by atoms with Crippen molar-refractivity contribution in [2.75, 3.05) is 13.1 Å². The Morgan fingerprint density at radius 1 is 1.00 bits per heavy atom. The fraction of sp³-hybridized carbons (Fsp3) is 0.684. The van der Waals surface area contributed by atoms with E-state index in [2.05, 4.69) is 32.5 Å². The average Bonchev–Trinajstić information content (AvgIpc) is 3.71. The SMILES string of the molecule is C=CC(=O)NC[C@H](CC(=O)[C@@H](NC(=O)c1cnccn1)C1CCCCC1)C(=O)N1C[C@@H]2CCC[C@@H]2[C@H]1C(=O)C[C@@H](CCC)C(O)C(=O)NC1CC1. The molecular formula is C38H54N6O7. The third kappa shape index (κ3) is 9.87. The van der Waals surface area contributed by atoms with Crippen LogP contribution < -0.4 is 16.0 Å². The molecule has 0 aromatic carbocycles. The minimum absolute atomic E-state index is 0.0419. The molecule has 1 aromatic rings. The first kappa shape index (κ1) is 38.2. The molecule has 0 radical (unpaired) electrons. The third-order valence-electron chi connectivity index (χ3n) is 11.3. The topological polar surface area (TPSA) is 188 Å². The van der Waals surface area contributed by atoms with Gasteiger partial charge in [0, 0.05) is 50.3 Å². The molecule has 4 amide bonds. The number of carbonyl (C=O) groups excluding carboxylic acids is 6. The highest BCUT2D eigenvalue weighted by Crippen LogP contribution is 2.44. The number of ketones is 2. The molecule has 0 bridgehead atoms. The summed E-state index contributed by atoms with van der Waals surface area (Å²) in [6.45, 7) is 5.67. The Morgan fingerprint density at radius 2 is 1.76 bits per heavy atom. The Kier molecular flexibility index (Phi) is 13.5. The summed E-state index contributed by atoms with van der Waals surface area (Å²) in [6, 6.07) is -1.54. The van der Waals surface area contributed by atoms with Crippen LogP contribution in [0.5, 0.6) is 0 Å². The van der Waals surface area contributed by atoms with Gasteiger partial charge >= 0.3 is 0 Å². The van der Waals surface area contributed by atoms with Crippen molar-refractivity contribution in [1.29, 1.82) is 0 Å². The summed E-state index contributed by atoms with van der Waals surface area (Å²) in [5, 5.41) is 19.4. The van der Waals surface area contributed by atoms with E-state index in [-0.39, 0.29) is 60.4 Å². The Hall–Kier alpha value is -4.00. The van der Waals surface area contributed by atoms with Crippen LogP contribution in [0.4, 0.5) is 0 Å². The highest BCUT2D eigenvalue weighted by atomic mass is 16.3. The van der Waals surface area contributed by atoms with Crippen molar-refractivity contribution >= 4 is 35.2 Å². The van der Waals surface area contributed by atoms with Gasteiger partial charge in [0.25, 0.3) is 5.91 Å². The summed E-state index contributed by atoms with van der Waals surface area (Å²) < 4.78 is 0. The van der Waals surface area contributed by atoms with Crippen LogP contribution in [-0.2, 0) is 24.0 Å². The van der Waals surface area contributed by atoms with Gasteiger partial charge in [-0.05, 0) is 68.8 Å². The largest absolute Gasteiger partial charge is 0.383 e. The molecule has 4 N–H and O–H groups in total. The third-order valence-corrected chi connectivity index (χ3v) is 11.3. The number of likely N-dealkylation sites (tertiary alicyclic amines) is 1. The fourth-order valence-electron chi connectivity index (χ4n) is 8.50. The lowest BCUT2D eigenvalue weighted by Crippen LogP contribution is -2.51. The second-order valence-electron chi connectivity index (χ2n) is 15.0. The smallest absolute Gasteiger partial charge is 0.272 e. The van der Waals surface area contributed by atoms with Crippen LogP contribution >= 0.6 is 0 Å². The van der Waals surface area contributed by atoms with E-state index in [1.165, 1.54) is 18.6 Å². The molecule has 13 nitrogen and oxygen atoms in total. The summed E-state index contributed by atoms with van der Waals surface area (Å²) in [5.41, 5.74) is 0.0819. The van der Waals surface area contributed by atoms with E-state index in [0.717, 1.165) is 70.3 Å². The van der Waals surface area contributed by atoms with E-state index in [9.17, 15) is 33.9 Å². The number of fused-ring (bicyclic) bond motifs is 1. The van der Waals surface area contributed by atoms with Crippen LogP contribution in [0.15, 0.2) is 31.2 Å². The highest BCUT2D eigenvalue weighted by molar-refractivity contribution is 5.98. The van der Waals surface area contributed by atoms with Crippen LogP contribution in [0.25, 0.3) is 0 Å². The van der Waals surface area contributed by atoms with Gasteiger partial charge in [0.15, 0.2) is 11.6 Å². The quantitative estimate of drug-likeness (QED) is 0.167. The predicted molar refractivity (Wildman–Crippen MR) is 188 cm³/mol. The molecule has 3 aliphatic carbocycles. The van der Waals surface area contributed by atoms with E-state index >= 15 is 0 Å². The normalized spacial score (nSPS) is 24.0. The molecule has 1 aliphatic heterocycles. The zero-order chi connectivity index (χ0) is 36.5. The highest BCUT2D eigenvalue weighted by Gasteiger charge is 2.51. The summed E-state index contributed by atoms with van der Waals surface area (Å²) in [4.78, 5) is 91.0. The van der Waals surface area contributed by atoms with E-state index in [0.29, 0.717) is 19.4 Å². The number of hydrogen-bond acceptors (Lipinski definition) is 9. The van der Waals surface area contributed by atoms with Gasteiger partial charge in [-0.1, -0.05) is 45.6 Å². The molecule has 1 aromatic heterocycles. The standard InChI is InChI=1S/C38H54N6O7/c1-3-9-24(35(48)37(50)42-27-14-15-27)18-31(46)34-28-13-8-12-25(28)22-44(34)38(51)26(20-41-32(47)4-2)19-30(45)33(23-10-6-5-7-11-23)43-36(49)29-21-39-16-17-40-29/h4,16-17,21,23-28,33-35,48H,2-3,5-15,18-20,22H2,1H3,(H,41,47)(H,42,50)(H,43,49)/t24-,25+,26+,28+,33+,34+,35?/m1/s1. The molecule has 13 heteroatoms. The molecular weight excluding hydrogens is 652 g/mol. The zero-order valence-corrected chi connectivity index (χ0v) is 29.8. The van der Waals surface area contributed by atoms with Crippen molar-refractivity contribution in [3.63, 3.8) is 0 Å². The second kappa shape index (κ2) is 18.0.